The Kier molecular flexibility index (Phi) is 5.46. The fourth-order valence-electron chi connectivity index (χ4n) is 2.20. The molecule has 0 fully saturated rings. The van der Waals surface area contributed by atoms with Crippen LogP contribution in [0.5, 0.6) is 0 Å². The van der Waals surface area contributed by atoms with Crippen molar-refractivity contribution < 1.29 is 4.42 Å². The van der Waals surface area contributed by atoms with E-state index >= 15 is 0 Å². The Labute approximate surface area is 152 Å². The minimum Gasteiger partial charge on any atom is -0.446 e. The average molecular weight is 413 g/mol. The highest BCUT2D eigenvalue weighted by atomic mass is 79.9. The molecule has 0 saturated carbocycles. The maximum atomic E-state index is 6.22. The number of nitrogens with zero attached hydrogens (tertiary/aromatic N) is 3. The van der Waals surface area contributed by atoms with Gasteiger partial charge in [0.2, 0.25) is 5.82 Å². The Bertz CT molecular complexity index is 802. The summed E-state index contributed by atoms with van der Waals surface area (Å²) in [6.07, 6.45) is 0.993. The molecule has 7 heteroatoms. The molecule has 1 aromatic carbocycles. The van der Waals surface area contributed by atoms with Crippen molar-refractivity contribution in [1.82, 2.24) is 14.8 Å². The van der Waals surface area contributed by atoms with Crippen molar-refractivity contribution in [2.75, 3.05) is 0 Å². The normalized spacial score (nSPS) is 11.1. The van der Waals surface area contributed by atoms with Gasteiger partial charge in [0.1, 0.15) is 0 Å². The Morgan fingerprint density at radius 3 is 2.74 bits per heavy atom. The van der Waals surface area contributed by atoms with E-state index in [0.29, 0.717) is 10.4 Å². The van der Waals surface area contributed by atoms with Crippen LogP contribution in [0.1, 0.15) is 18.9 Å². The smallest absolute Gasteiger partial charge is 0.200 e. The molecule has 0 bridgehead atoms. The predicted molar refractivity (Wildman–Crippen MR) is 96.7 cm³/mol. The summed E-state index contributed by atoms with van der Waals surface area (Å²) in [6, 6.07) is 11.6. The van der Waals surface area contributed by atoms with Crippen molar-refractivity contribution in [3.63, 3.8) is 0 Å². The maximum Gasteiger partial charge on any atom is 0.200 e. The number of benzene rings is 1. The van der Waals surface area contributed by atoms with Gasteiger partial charge in [0.25, 0.3) is 0 Å². The summed E-state index contributed by atoms with van der Waals surface area (Å²) in [4.78, 5) is 0. The van der Waals surface area contributed by atoms with Gasteiger partial charge in [-0.3, -0.25) is 4.57 Å². The van der Waals surface area contributed by atoms with Crippen molar-refractivity contribution in [2.45, 2.75) is 30.8 Å². The molecule has 2 heterocycles. The first-order chi connectivity index (χ1) is 11.2. The number of rotatable bonds is 6. The van der Waals surface area contributed by atoms with Gasteiger partial charge in [0.15, 0.2) is 15.6 Å². The Morgan fingerprint density at radius 2 is 2.04 bits per heavy atom. The van der Waals surface area contributed by atoms with E-state index in [9.17, 15) is 0 Å². The summed E-state index contributed by atoms with van der Waals surface area (Å²) in [5.74, 6) is 2.21. The Hall–Kier alpha value is -1.24. The van der Waals surface area contributed by atoms with Crippen molar-refractivity contribution in [2.24, 2.45) is 0 Å². The monoisotopic (exact) mass is 411 g/mol. The molecule has 0 atom stereocenters. The van der Waals surface area contributed by atoms with Gasteiger partial charge in [-0.2, -0.15) is 0 Å². The van der Waals surface area contributed by atoms with E-state index < -0.39 is 0 Å². The number of hydrogen-bond acceptors (Lipinski definition) is 4. The van der Waals surface area contributed by atoms with Crippen LogP contribution in [-0.4, -0.2) is 14.8 Å². The van der Waals surface area contributed by atoms with Crippen LogP contribution in [0.15, 0.2) is 50.6 Å². The summed E-state index contributed by atoms with van der Waals surface area (Å²) in [7, 11) is 0. The molecule has 4 nitrogen and oxygen atoms in total. The SMILES string of the molecule is CCCn1c(SCc2ccccc2Cl)nnc1-c1ccc(Br)o1. The molecule has 120 valence electrons. The molecule has 0 radical (unpaired) electrons. The van der Waals surface area contributed by atoms with Gasteiger partial charge in [-0.1, -0.05) is 48.5 Å². The van der Waals surface area contributed by atoms with E-state index in [1.165, 1.54) is 0 Å². The lowest BCUT2D eigenvalue weighted by Gasteiger charge is -2.08. The molecule has 0 spiro atoms. The molecule has 3 aromatic rings. The second kappa shape index (κ2) is 7.55. The van der Waals surface area contributed by atoms with Crippen molar-refractivity contribution in [1.29, 1.82) is 0 Å². The first kappa shape index (κ1) is 16.6. The highest BCUT2D eigenvalue weighted by Gasteiger charge is 2.17. The molecule has 23 heavy (non-hydrogen) atoms. The third-order valence-electron chi connectivity index (χ3n) is 3.27. The van der Waals surface area contributed by atoms with Crippen molar-refractivity contribution in [3.8, 4) is 11.6 Å². The average Bonchev–Trinajstić information content (AvgIpc) is 3.13. The number of thioether (sulfide) groups is 1. The molecular formula is C16H15BrClN3OS. The Morgan fingerprint density at radius 1 is 1.22 bits per heavy atom. The van der Waals surface area contributed by atoms with E-state index in [1.54, 1.807) is 11.8 Å². The first-order valence-corrected chi connectivity index (χ1v) is 9.39. The van der Waals surface area contributed by atoms with E-state index in [2.05, 4.69) is 37.6 Å². The molecule has 0 N–H and O–H groups in total. The number of hydrogen-bond donors (Lipinski definition) is 0. The van der Waals surface area contributed by atoms with Gasteiger partial charge in [0.05, 0.1) is 0 Å². The van der Waals surface area contributed by atoms with Gasteiger partial charge in [-0.05, 0) is 46.1 Å². The molecule has 3 rings (SSSR count). The maximum absolute atomic E-state index is 6.22. The zero-order chi connectivity index (χ0) is 16.2. The molecule has 0 aliphatic heterocycles. The lowest BCUT2D eigenvalue weighted by atomic mass is 10.2. The highest BCUT2D eigenvalue weighted by molar-refractivity contribution is 9.10. The Balaban J connectivity index is 1.85. The van der Waals surface area contributed by atoms with Crippen LogP contribution in [0, 0.1) is 0 Å². The molecule has 0 unspecified atom stereocenters. The van der Waals surface area contributed by atoms with Crippen molar-refractivity contribution in [3.05, 3.63) is 51.7 Å². The van der Waals surface area contributed by atoms with Crippen LogP contribution in [0.4, 0.5) is 0 Å². The molecule has 2 aromatic heterocycles. The van der Waals surface area contributed by atoms with Crippen LogP contribution < -0.4 is 0 Å². The summed E-state index contributed by atoms with van der Waals surface area (Å²) < 4.78 is 8.39. The minimum atomic E-state index is 0.684. The van der Waals surface area contributed by atoms with Crippen LogP contribution in [0.25, 0.3) is 11.6 Å². The van der Waals surface area contributed by atoms with Gasteiger partial charge < -0.3 is 4.42 Å². The summed E-state index contributed by atoms with van der Waals surface area (Å²) >= 11 is 11.2. The summed E-state index contributed by atoms with van der Waals surface area (Å²) in [5.41, 5.74) is 1.09. The third-order valence-corrected chi connectivity index (χ3v) is 5.08. The van der Waals surface area contributed by atoms with Crippen LogP contribution in [0.2, 0.25) is 5.02 Å². The quantitative estimate of drug-likeness (QED) is 0.490. The largest absolute Gasteiger partial charge is 0.446 e. The topological polar surface area (TPSA) is 43.9 Å². The predicted octanol–water partition coefficient (Wildman–Crippen LogP) is 5.66. The summed E-state index contributed by atoms with van der Waals surface area (Å²) in [5, 5.41) is 10.3. The molecule has 0 aliphatic rings. The summed E-state index contributed by atoms with van der Waals surface area (Å²) in [6.45, 7) is 2.97. The number of furan rings is 1. The lowest BCUT2D eigenvalue weighted by Crippen LogP contribution is -2.01. The van der Waals surface area contributed by atoms with E-state index in [-0.39, 0.29) is 0 Å². The van der Waals surface area contributed by atoms with Crippen LogP contribution >= 0.6 is 39.3 Å². The second-order valence-corrected chi connectivity index (χ2v) is 7.07. The molecule has 0 aliphatic carbocycles. The molecular weight excluding hydrogens is 398 g/mol. The van der Waals surface area contributed by atoms with Crippen LogP contribution in [0.3, 0.4) is 0 Å². The second-order valence-electron chi connectivity index (χ2n) is 4.94. The fraction of sp³-hybridized carbons (Fsp3) is 0.250. The fourth-order valence-corrected chi connectivity index (χ4v) is 3.75. The van der Waals surface area contributed by atoms with Gasteiger partial charge in [-0.15, -0.1) is 10.2 Å². The van der Waals surface area contributed by atoms with E-state index in [4.69, 9.17) is 16.0 Å². The standard InChI is InChI=1S/C16H15BrClN3OS/c1-2-9-21-15(13-7-8-14(17)22-13)19-20-16(21)23-10-11-5-3-4-6-12(11)18/h3-8H,2,9-10H2,1H3. The third kappa shape index (κ3) is 3.82. The highest BCUT2D eigenvalue weighted by Crippen LogP contribution is 2.30. The molecule has 0 saturated heterocycles. The van der Waals surface area contributed by atoms with E-state index in [0.717, 1.165) is 40.3 Å². The van der Waals surface area contributed by atoms with Crippen LogP contribution in [-0.2, 0) is 12.3 Å². The van der Waals surface area contributed by atoms with Gasteiger partial charge in [0, 0.05) is 17.3 Å². The van der Waals surface area contributed by atoms with Crippen molar-refractivity contribution >= 4 is 39.3 Å². The zero-order valence-electron chi connectivity index (χ0n) is 12.5. The van der Waals surface area contributed by atoms with Gasteiger partial charge >= 0.3 is 0 Å². The lowest BCUT2D eigenvalue weighted by molar-refractivity contribution is 0.539. The number of aromatic nitrogens is 3. The number of halogens is 2. The molecule has 0 amide bonds. The minimum absolute atomic E-state index is 0.684. The first-order valence-electron chi connectivity index (χ1n) is 7.24. The van der Waals surface area contributed by atoms with Gasteiger partial charge in [-0.25, -0.2) is 0 Å². The zero-order valence-corrected chi connectivity index (χ0v) is 15.7. The van der Waals surface area contributed by atoms with E-state index in [1.807, 2.05) is 36.4 Å².